The van der Waals surface area contributed by atoms with Gasteiger partial charge in [-0.1, -0.05) is 6.92 Å². The van der Waals surface area contributed by atoms with Crippen molar-refractivity contribution < 1.29 is 27.4 Å². The molecule has 0 atom stereocenters. The van der Waals surface area contributed by atoms with E-state index in [4.69, 9.17) is 9.47 Å². The van der Waals surface area contributed by atoms with Crippen molar-refractivity contribution in [1.82, 2.24) is 0 Å². The molecule has 1 saturated carbocycles. The molecule has 1 aromatic carbocycles. The number of benzene rings is 1. The molecule has 0 spiro atoms. The fraction of sp³-hybridized carbons (Fsp3) is 0.632. The van der Waals surface area contributed by atoms with Gasteiger partial charge in [0.1, 0.15) is 11.4 Å². The lowest BCUT2D eigenvalue weighted by Crippen LogP contribution is -2.48. The van der Waals surface area contributed by atoms with Crippen LogP contribution in [0, 0.1) is 5.92 Å². The number of nitrogens with one attached hydrogen (secondary N) is 1. The fourth-order valence-electron chi connectivity index (χ4n) is 3.30. The molecule has 1 fully saturated rings. The standard InChI is InChI=1S/C19H26F3NO3/c1-4-25-16-7-6-14(12-15(16)19(20,21)22)23-17(24)18(26-5-2)10-8-13(3)9-11-18/h6-7,12-13H,4-5,8-11H2,1-3H3,(H,23,24). The average molecular weight is 373 g/mol. The van der Waals surface area contributed by atoms with E-state index < -0.39 is 17.3 Å². The van der Waals surface area contributed by atoms with E-state index in [1.807, 2.05) is 6.92 Å². The predicted molar refractivity (Wildman–Crippen MR) is 93.2 cm³/mol. The molecule has 1 aromatic rings. The second-order valence-electron chi connectivity index (χ2n) is 6.71. The normalized spacial score (nSPS) is 23.5. The number of hydrogen-bond acceptors (Lipinski definition) is 3. The Morgan fingerprint density at radius 3 is 2.42 bits per heavy atom. The third-order valence-electron chi connectivity index (χ3n) is 4.76. The van der Waals surface area contributed by atoms with Crippen molar-refractivity contribution in [3.63, 3.8) is 0 Å². The smallest absolute Gasteiger partial charge is 0.420 e. The van der Waals surface area contributed by atoms with Gasteiger partial charge in [-0.15, -0.1) is 0 Å². The van der Waals surface area contributed by atoms with Crippen LogP contribution >= 0.6 is 0 Å². The number of hydrogen-bond donors (Lipinski definition) is 1. The number of carbonyl (C=O) groups excluding carboxylic acids is 1. The van der Waals surface area contributed by atoms with E-state index >= 15 is 0 Å². The van der Waals surface area contributed by atoms with E-state index in [2.05, 4.69) is 12.2 Å². The van der Waals surface area contributed by atoms with Crippen LogP contribution < -0.4 is 10.1 Å². The van der Waals surface area contributed by atoms with Gasteiger partial charge >= 0.3 is 6.18 Å². The Hall–Kier alpha value is -1.76. The van der Waals surface area contributed by atoms with Crippen LogP contribution in [0.3, 0.4) is 0 Å². The van der Waals surface area contributed by atoms with E-state index in [1.54, 1.807) is 6.92 Å². The average Bonchev–Trinajstić information content (AvgIpc) is 2.58. The molecular formula is C19H26F3NO3. The van der Waals surface area contributed by atoms with E-state index in [-0.39, 0.29) is 24.0 Å². The van der Waals surface area contributed by atoms with Crippen LogP contribution in [0.15, 0.2) is 18.2 Å². The van der Waals surface area contributed by atoms with Crippen molar-refractivity contribution in [2.45, 2.75) is 58.2 Å². The maximum absolute atomic E-state index is 13.3. The number of amides is 1. The van der Waals surface area contributed by atoms with Crippen molar-refractivity contribution >= 4 is 11.6 Å². The number of halogens is 3. The fourth-order valence-corrected chi connectivity index (χ4v) is 3.30. The van der Waals surface area contributed by atoms with Gasteiger partial charge in [-0.3, -0.25) is 4.79 Å². The summed E-state index contributed by atoms with van der Waals surface area (Å²) in [7, 11) is 0. The van der Waals surface area contributed by atoms with Crippen LogP contribution in [0.4, 0.5) is 18.9 Å². The van der Waals surface area contributed by atoms with Gasteiger partial charge in [-0.2, -0.15) is 13.2 Å². The zero-order valence-corrected chi connectivity index (χ0v) is 15.4. The molecular weight excluding hydrogens is 347 g/mol. The molecule has 0 aromatic heterocycles. The van der Waals surface area contributed by atoms with Crippen LogP contribution in [0.25, 0.3) is 0 Å². The van der Waals surface area contributed by atoms with E-state index in [9.17, 15) is 18.0 Å². The zero-order chi connectivity index (χ0) is 19.4. The Bertz CT molecular complexity index is 623. The summed E-state index contributed by atoms with van der Waals surface area (Å²) in [5, 5.41) is 2.61. The van der Waals surface area contributed by atoms with Crippen molar-refractivity contribution in [1.29, 1.82) is 0 Å². The molecule has 146 valence electrons. The second-order valence-corrected chi connectivity index (χ2v) is 6.71. The Labute approximate surface area is 152 Å². The Kier molecular flexibility index (Phi) is 6.55. The van der Waals surface area contributed by atoms with Gasteiger partial charge in [-0.25, -0.2) is 0 Å². The first kappa shape index (κ1) is 20.6. The number of anilines is 1. The van der Waals surface area contributed by atoms with Crippen LogP contribution in [0.2, 0.25) is 0 Å². The molecule has 0 unspecified atom stereocenters. The molecule has 0 aliphatic heterocycles. The second kappa shape index (κ2) is 8.29. The monoisotopic (exact) mass is 373 g/mol. The molecule has 26 heavy (non-hydrogen) atoms. The van der Waals surface area contributed by atoms with Gasteiger partial charge < -0.3 is 14.8 Å². The highest BCUT2D eigenvalue weighted by molar-refractivity contribution is 5.97. The summed E-state index contributed by atoms with van der Waals surface area (Å²) >= 11 is 0. The minimum absolute atomic E-state index is 0.0866. The third-order valence-corrected chi connectivity index (χ3v) is 4.76. The molecule has 0 radical (unpaired) electrons. The van der Waals surface area contributed by atoms with Crippen LogP contribution in [-0.2, 0) is 15.7 Å². The summed E-state index contributed by atoms with van der Waals surface area (Å²) < 4.78 is 50.6. The predicted octanol–water partition coefficient (Wildman–Crippen LogP) is 5.03. The highest BCUT2D eigenvalue weighted by Crippen LogP contribution is 2.39. The lowest BCUT2D eigenvalue weighted by Gasteiger charge is -2.37. The van der Waals surface area contributed by atoms with E-state index in [0.717, 1.165) is 18.9 Å². The van der Waals surface area contributed by atoms with Crippen molar-refractivity contribution in [2.24, 2.45) is 5.92 Å². The Morgan fingerprint density at radius 1 is 1.23 bits per heavy atom. The quantitative estimate of drug-likeness (QED) is 0.761. The minimum atomic E-state index is -4.57. The summed E-state index contributed by atoms with van der Waals surface area (Å²) in [6.45, 7) is 6.05. The van der Waals surface area contributed by atoms with Gasteiger partial charge in [0.05, 0.1) is 12.2 Å². The van der Waals surface area contributed by atoms with Crippen molar-refractivity contribution in [3.05, 3.63) is 23.8 Å². The summed E-state index contributed by atoms with van der Waals surface area (Å²) in [6.07, 6.45) is -1.73. The molecule has 0 heterocycles. The van der Waals surface area contributed by atoms with Crippen LogP contribution in [0.1, 0.15) is 52.0 Å². The zero-order valence-electron chi connectivity index (χ0n) is 15.4. The van der Waals surface area contributed by atoms with Gasteiger partial charge in [0.25, 0.3) is 5.91 Å². The molecule has 0 saturated heterocycles. The molecule has 4 nitrogen and oxygen atoms in total. The van der Waals surface area contributed by atoms with Gasteiger partial charge in [0, 0.05) is 12.3 Å². The first-order valence-corrected chi connectivity index (χ1v) is 9.01. The molecule has 7 heteroatoms. The lowest BCUT2D eigenvalue weighted by atomic mass is 9.78. The van der Waals surface area contributed by atoms with Gasteiger partial charge in [-0.05, 0) is 63.6 Å². The van der Waals surface area contributed by atoms with Crippen LogP contribution in [0.5, 0.6) is 5.75 Å². The third kappa shape index (κ3) is 4.69. The lowest BCUT2D eigenvalue weighted by molar-refractivity contribution is -0.147. The van der Waals surface area contributed by atoms with Crippen molar-refractivity contribution in [2.75, 3.05) is 18.5 Å². The maximum atomic E-state index is 13.3. The van der Waals surface area contributed by atoms with Gasteiger partial charge in [0.15, 0.2) is 0 Å². The number of carbonyl (C=O) groups is 1. The highest BCUT2D eigenvalue weighted by Gasteiger charge is 2.42. The maximum Gasteiger partial charge on any atom is 0.420 e. The molecule has 1 amide bonds. The molecule has 1 aliphatic rings. The largest absolute Gasteiger partial charge is 0.493 e. The first-order valence-electron chi connectivity index (χ1n) is 9.01. The number of ether oxygens (including phenoxy) is 2. The Morgan fingerprint density at radius 2 is 1.88 bits per heavy atom. The molecule has 1 aliphatic carbocycles. The first-order chi connectivity index (χ1) is 12.2. The topological polar surface area (TPSA) is 47.6 Å². The number of rotatable bonds is 6. The summed E-state index contributed by atoms with van der Waals surface area (Å²) in [5.74, 6) is -0.119. The SMILES string of the molecule is CCOc1ccc(NC(=O)C2(OCC)CCC(C)CC2)cc1C(F)(F)F. The summed E-state index contributed by atoms with van der Waals surface area (Å²) in [5.41, 5.74) is -1.79. The molecule has 1 N–H and O–H groups in total. The molecule has 2 rings (SSSR count). The van der Waals surface area contributed by atoms with E-state index in [1.165, 1.54) is 12.1 Å². The molecule has 0 bridgehead atoms. The Balaban J connectivity index is 2.24. The van der Waals surface area contributed by atoms with Gasteiger partial charge in [0.2, 0.25) is 0 Å². The summed E-state index contributed by atoms with van der Waals surface area (Å²) in [6, 6.07) is 3.56. The highest BCUT2D eigenvalue weighted by atomic mass is 19.4. The van der Waals surface area contributed by atoms with Crippen LogP contribution in [-0.4, -0.2) is 24.7 Å². The minimum Gasteiger partial charge on any atom is -0.493 e. The summed E-state index contributed by atoms with van der Waals surface area (Å²) in [4.78, 5) is 12.8. The number of alkyl halides is 3. The van der Waals surface area contributed by atoms with E-state index in [0.29, 0.717) is 25.4 Å². The van der Waals surface area contributed by atoms with Crippen molar-refractivity contribution in [3.8, 4) is 5.75 Å².